The topological polar surface area (TPSA) is 37.9 Å². The van der Waals surface area contributed by atoms with E-state index in [4.69, 9.17) is 4.74 Å². The maximum Gasteiger partial charge on any atom is 0.132 e. The van der Waals surface area contributed by atoms with Crippen LogP contribution in [0.2, 0.25) is 0 Å². The predicted octanol–water partition coefficient (Wildman–Crippen LogP) is 2.24. The summed E-state index contributed by atoms with van der Waals surface area (Å²) in [5.74, 6) is 2.34. The minimum Gasteiger partial charge on any atom is -0.377 e. The number of methoxy groups -OCH3 is 1. The molecule has 3 nitrogen and oxygen atoms in total. The fraction of sp³-hybridized carbons (Fsp3) is 0.727. The van der Waals surface area contributed by atoms with Crippen molar-refractivity contribution in [2.75, 3.05) is 7.11 Å². The lowest BCUT2D eigenvalue weighted by molar-refractivity contribution is 0.178. The van der Waals surface area contributed by atoms with Gasteiger partial charge in [0, 0.05) is 18.7 Å². The van der Waals surface area contributed by atoms with Crippen LogP contribution < -0.4 is 0 Å². The standard InChI is InChI=1S/C11H18N2O/c1-7-4-8(2)11-9(5-7)12-10(13-11)6-14-3/h7-8H,4-6H2,1-3H3,(H,12,13). The minimum absolute atomic E-state index is 0.591. The van der Waals surface area contributed by atoms with E-state index in [-0.39, 0.29) is 0 Å². The molecule has 1 aliphatic rings. The molecule has 1 aromatic rings. The van der Waals surface area contributed by atoms with Gasteiger partial charge in [-0.2, -0.15) is 0 Å². The summed E-state index contributed by atoms with van der Waals surface area (Å²) in [5.41, 5.74) is 2.58. The molecule has 3 heteroatoms. The summed E-state index contributed by atoms with van der Waals surface area (Å²) in [7, 11) is 1.70. The summed E-state index contributed by atoms with van der Waals surface area (Å²) < 4.78 is 5.07. The van der Waals surface area contributed by atoms with Gasteiger partial charge in [-0.05, 0) is 18.8 Å². The zero-order chi connectivity index (χ0) is 10.1. The summed E-state index contributed by atoms with van der Waals surface area (Å²) in [5, 5.41) is 0. The zero-order valence-electron chi connectivity index (χ0n) is 9.13. The second-order valence-corrected chi connectivity index (χ2v) is 4.43. The van der Waals surface area contributed by atoms with E-state index in [0.29, 0.717) is 12.5 Å². The molecule has 2 rings (SSSR count). The minimum atomic E-state index is 0.591. The SMILES string of the molecule is COCc1nc2c([nH]1)CC(C)CC2C. The first-order valence-electron chi connectivity index (χ1n) is 5.27. The molecular formula is C11H18N2O. The predicted molar refractivity (Wildman–Crippen MR) is 55.2 cm³/mol. The number of imidazole rings is 1. The van der Waals surface area contributed by atoms with Gasteiger partial charge in [0.25, 0.3) is 0 Å². The normalized spacial score (nSPS) is 26.2. The Kier molecular flexibility index (Phi) is 2.59. The number of rotatable bonds is 2. The van der Waals surface area contributed by atoms with Crippen LogP contribution in [0.1, 0.15) is 43.4 Å². The first kappa shape index (κ1) is 9.71. The monoisotopic (exact) mass is 194 g/mol. The molecule has 0 saturated heterocycles. The highest BCUT2D eigenvalue weighted by Crippen LogP contribution is 2.32. The molecule has 0 bridgehead atoms. The molecule has 0 fully saturated rings. The van der Waals surface area contributed by atoms with Crippen molar-refractivity contribution in [3.8, 4) is 0 Å². The van der Waals surface area contributed by atoms with Gasteiger partial charge in [0.15, 0.2) is 0 Å². The van der Waals surface area contributed by atoms with Crippen molar-refractivity contribution in [1.82, 2.24) is 9.97 Å². The largest absolute Gasteiger partial charge is 0.377 e. The van der Waals surface area contributed by atoms with Gasteiger partial charge in [-0.1, -0.05) is 13.8 Å². The van der Waals surface area contributed by atoms with E-state index in [0.717, 1.165) is 18.2 Å². The number of nitrogens with one attached hydrogen (secondary N) is 1. The van der Waals surface area contributed by atoms with Crippen molar-refractivity contribution < 1.29 is 4.74 Å². The highest BCUT2D eigenvalue weighted by molar-refractivity contribution is 5.22. The lowest BCUT2D eigenvalue weighted by Gasteiger charge is -2.22. The van der Waals surface area contributed by atoms with Crippen LogP contribution in [0.25, 0.3) is 0 Å². The molecule has 0 radical (unpaired) electrons. The molecule has 0 aliphatic heterocycles. The van der Waals surface area contributed by atoms with Crippen LogP contribution in [0.3, 0.4) is 0 Å². The fourth-order valence-corrected chi connectivity index (χ4v) is 2.39. The summed E-state index contributed by atoms with van der Waals surface area (Å²) >= 11 is 0. The lowest BCUT2D eigenvalue weighted by atomic mass is 9.84. The van der Waals surface area contributed by atoms with E-state index < -0.39 is 0 Å². The Morgan fingerprint density at radius 3 is 3.00 bits per heavy atom. The molecule has 0 aromatic carbocycles. The molecule has 78 valence electrons. The van der Waals surface area contributed by atoms with Crippen molar-refractivity contribution in [1.29, 1.82) is 0 Å². The van der Waals surface area contributed by atoms with Crippen molar-refractivity contribution in [3.05, 3.63) is 17.2 Å². The van der Waals surface area contributed by atoms with E-state index >= 15 is 0 Å². The Bertz CT molecular complexity index is 319. The third-order valence-electron chi connectivity index (χ3n) is 2.92. The Labute approximate surface area is 84.9 Å². The van der Waals surface area contributed by atoms with Gasteiger partial charge in [0.2, 0.25) is 0 Å². The average Bonchev–Trinajstić information content (AvgIpc) is 2.48. The molecule has 2 atom stereocenters. The van der Waals surface area contributed by atoms with Crippen molar-refractivity contribution >= 4 is 0 Å². The number of aromatic nitrogens is 2. The molecule has 0 saturated carbocycles. The zero-order valence-corrected chi connectivity index (χ0v) is 9.13. The van der Waals surface area contributed by atoms with Gasteiger partial charge in [-0.3, -0.25) is 0 Å². The van der Waals surface area contributed by atoms with Gasteiger partial charge < -0.3 is 9.72 Å². The number of H-pyrrole nitrogens is 1. The average molecular weight is 194 g/mol. The Hall–Kier alpha value is -0.830. The first-order chi connectivity index (χ1) is 6.70. The van der Waals surface area contributed by atoms with Gasteiger partial charge in [-0.15, -0.1) is 0 Å². The van der Waals surface area contributed by atoms with Gasteiger partial charge in [0.05, 0.1) is 5.69 Å². The maximum atomic E-state index is 5.07. The van der Waals surface area contributed by atoms with E-state index in [1.807, 2.05) is 0 Å². The number of fused-ring (bicyclic) bond motifs is 1. The third-order valence-corrected chi connectivity index (χ3v) is 2.92. The van der Waals surface area contributed by atoms with Crippen LogP contribution in [0.15, 0.2) is 0 Å². The van der Waals surface area contributed by atoms with Crippen molar-refractivity contribution in [3.63, 3.8) is 0 Å². The van der Waals surface area contributed by atoms with E-state index in [2.05, 4.69) is 23.8 Å². The Morgan fingerprint density at radius 2 is 2.29 bits per heavy atom. The molecule has 1 aliphatic carbocycles. The van der Waals surface area contributed by atoms with Crippen molar-refractivity contribution in [2.45, 2.75) is 39.2 Å². The Balaban J connectivity index is 2.26. The van der Waals surface area contributed by atoms with Crippen LogP contribution in [-0.4, -0.2) is 17.1 Å². The molecule has 2 unspecified atom stereocenters. The fourth-order valence-electron chi connectivity index (χ4n) is 2.39. The second kappa shape index (κ2) is 3.73. The summed E-state index contributed by atoms with van der Waals surface area (Å²) in [6.07, 6.45) is 2.39. The molecule has 1 heterocycles. The van der Waals surface area contributed by atoms with Crippen LogP contribution in [0.4, 0.5) is 0 Å². The van der Waals surface area contributed by atoms with Gasteiger partial charge in [0.1, 0.15) is 12.4 Å². The van der Waals surface area contributed by atoms with Crippen LogP contribution in [-0.2, 0) is 17.8 Å². The third kappa shape index (κ3) is 1.69. The molecular weight excluding hydrogens is 176 g/mol. The number of aromatic amines is 1. The quantitative estimate of drug-likeness (QED) is 0.784. The van der Waals surface area contributed by atoms with Gasteiger partial charge >= 0.3 is 0 Å². The summed E-state index contributed by atoms with van der Waals surface area (Å²) in [6, 6.07) is 0. The van der Waals surface area contributed by atoms with E-state index in [1.54, 1.807) is 7.11 Å². The van der Waals surface area contributed by atoms with Crippen molar-refractivity contribution in [2.24, 2.45) is 5.92 Å². The number of nitrogens with zero attached hydrogens (tertiary/aromatic N) is 1. The van der Waals surface area contributed by atoms with E-state index in [1.165, 1.54) is 17.8 Å². The smallest absolute Gasteiger partial charge is 0.132 e. The van der Waals surface area contributed by atoms with Gasteiger partial charge in [-0.25, -0.2) is 4.98 Å². The lowest BCUT2D eigenvalue weighted by Crippen LogP contribution is -2.14. The molecule has 1 aromatic heterocycles. The molecule has 1 N–H and O–H groups in total. The Morgan fingerprint density at radius 1 is 1.50 bits per heavy atom. The number of hydrogen-bond acceptors (Lipinski definition) is 2. The summed E-state index contributed by atoms with van der Waals surface area (Å²) in [6.45, 7) is 5.15. The molecule has 0 amide bonds. The highest BCUT2D eigenvalue weighted by Gasteiger charge is 2.24. The maximum absolute atomic E-state index is 5.07. The van der Waals surface area contributed by atoms with Crippen LogP contribution in [0, 0.1) is 5.92 Å². The first-order valence-corrected chi connectivity index (χ1v) is 5.27. The van der Waals surface area contributed by atoms with Crippen LogP contribution >= 0.6 is 0 Å². The summed E-state index contributed by atoms with van der Waals surface area (Å²) in [4.78, 5) is 7.93. The second-order valence-electron chi connectivity index (χ2n) is 4.43. The highest BCUT2D eigenvalue weighted by atomic mass is 16.5. The van der Waals surface area contributed by atoms with Crippen LogP contribution in [0.5, 0.6) is 0 Å². The number of hydrogen-bond donors (Lipinski definition) is 1. The molecule has 14 heavy (non-hydrogen) atoms. The van der Waals surface area contributed by atoms with E-state index in [9.17, 15) is 0 Å². The number of ether oxygens (including phenoxy) is 1. The molecule has 0 spiro atoms.